The van der Waals surface area contributed by atoms with Crippen LogP contribution < -0.4 is 10.6 Å². The largest absolute Gasteiger partial charge is 0.326 e. The Labute approximate surface area is 179 Å². The van der Waals surface area contributed by atoms with E-state index in [-0.39, 0.29) is 17.1 Å². The summed E-state index contributed by atoms with van der Waals surface area (Å²) < 4.78 is 0. The quantitative estimate of drug-likeness (QED) is 0.464. The summed E-state index contributed by atoms with van der Waals surface area (Å²) in [5, 5.41) is 5.52. The third-order valence-corrected chi connectivity index (χ3v) is 6.17. The molecule has 0 bridgehead atoms. The van der Waals surface area contributed by atoms with Crippen LogP contribution in [0, 0.1) is 0 Å². The summed E-state index contributed by atoms with van der Waals surface area (Å²) >= 11 is 3.10. The molecule has 0 spiro atoms. The summed E-state index contributed by atoms with van der Waals surface area (Å²) in [5.74, 6) is -0.160. The highest BCUT2D eigenvalue weighted by Gasteiger charge is 2.16. The monoisotopic (exact) mass is 422 g/mol. The third-order valence-electron chi connectivity index (χ3n) is 3.97. The fourth-order valence-electron chi connectivity index (χ4n) is 2.59. The summed E-state index contributed by atoms with van der Waals surface area (Å²) in [4.78, 5) is 26.9. The Balaban J connectivity index is 1.63. The molecule has 6 heteroatoms. The van der Waals surface area contributed by atoms with Crippen molar-refractivity contribution in [2.45, 2.75) is 33.8 Å². The highest BCUT2D eigenvalue weighted by Crippen LogP contribution is 2.34. The second-order valence-electron chi connectivity index (χ2n) is 6.37. The van der Waals surface area contributed by atoms with Crippen LogP contribution in [0.4, 0.5) is 11.4 Å². The molecule has 2 N–H and O–H groups in total. The molecule has 1 atom stereocenters. The molecule has 3 aromatic carbocycles. The molecule has 0 aliphatic rings. The van der Waals surface area contributed by atoms with Crippen molar-refractivity contribution in [1.82, 2.24) is 0 Å². The molecular weight excluding hydrogens is 400 g/mol. The van der Waals surface area contributed by atoms with Crippen molar-refractivity contribution in [3.05, 3.63) is 78.9 Å². The highest BCUT2D eigenvalue weighted by atomic mass is 32.2. The summed E-state index contributed by atoms with van der Waals surface area (Å²) in [5.41, 5.74) is 1.55. The first kappa shape index (κ1) is 21.0. The second kappa shape index (κ2) is 10.2. The van der Waals surface area contributed by atoms with Gasteiger partial charge in [-0.05, 0) is 55.5 Å². The molecule has 1 unspecified atom stereocenters. The van der Waals surface area contributed by atoms with Crippen molar-refractivity contribution in [1.29, 1.82) is 0 Å². The molecule has 0 saturated heterocycles. The molecule has 4 nitrogen and oxygen atoms in total. The van der Waals surface area contributed by atoms with E-state index in [0.29, 0.717) is 0 Å². The van der Waals surface area contributed by atoms with Crippen molar-refractivity contribution in [2.75, 3.05) is 10.6 Å². The minimum absolute atomic E-state index is 0.0537. The number of carbonyl (C=O) groups is 2. The Hall–Kier alpha value is -2.70. The van der Waals surface area contributed by atoms with Gasteiger partial charge in [-0.25, -0.2) is 0 Å². The first-order chi connectivity index (χ1) is 14.0. The van der Waals surface area contributed by atoms with Crippen LogP contribution in [0.5, 0.6) is 0 Å². The lowest BCUT2D eigenvalue weighted by molar-refractivity contribution is -0.115. The minimum atomic E-state index is -0.267. The van der Waals surface area contributed by atoms with Crippen molar-refractivity contribution in [2.24, 2.45) is 0 Å². The van der Waals surface area contributed by atoms with E-state index in [4.69, 9.17) is 0 Å². The fourth-order valence-corrected chi connectivity index (χ4v) is 4.38. The van der Waals surface area contributed by atoms with Gasteiger partial charge in [-0.1, -0.05) is 42.1 Å². The standard InChI is InChI=1S/C23H22N2O2S2/c1-16(28-20-14-12-18(13-15-20)24-17(2)26)23(27)25-21-10-6-7-11-22(21)29-19-8-4-3-5-9-19/h3-16H,1-2H3,(H,24,26)(H,25,27). The molecule has 3 rings (SSSR count). The van der Waals surface area contributed by atoms with E-state index in [1.807, 2.05) is 85.8 Å². The number of rotatable bonds is 7. The van der Waals surface area contributed by atoms with Gasteiger partial charge in [-0.15, -0.1) is 11.8 Å². The van der Waals surface area contributed by atoms with Crippen molar-refractivity contribution < 1.29 is 9.59 Å². The number of amides is 2. The van der Waals surface area contributed by atoms with Crippen LogP contribution in [0.15, 0.2) is 93.5 Å². The van der Waals surface area contributed by atoms with Crippen molar-refractivity contribution in [3.8, 4) is 0 Å². The van der Waals surface area contributed by atoms with Crippen LogP contribution >= 0.6 is 23.5 Å². The Kier molecular flexibility index (Phi) is 7.38. The normalized spacial score (nSPS) is 11.5. The zero-order valence-electron chi connectivity index (χ0n) is 16.2. The van der Waals surface area contributed by atoms with Gasteiger partial charge in [0, 0.05) is 27.3 Å². The maximum atomic E-state index is 12.7. The Bertz CT molecular complexity index is 976. The van der Waals surface area contributed by atoms with Crippen molar-refractivity contribution >= 4 is 46.7 Å². The van der Waals surface area contributed by atoms with E-state index < -0.39 is 0 Å². The van der Waals surface area contributed by atoms with Crippen LogP contribution in [-0.4, -0.2) is 17.1 Å². The SMILES string of the molecule is CC(=O)Nc1ccc(SC(C)C(=O)Nc2ccccc2Sc2ccccc2)cc1. The predicted octanol–water partition coefficient (Wildman–Crippen LogP) is 5.92. The molecule has 3 aromatic rings. The fraction of sp³-hybridized carbons (Fsp3) is 0.130. The summed E-state index contributed by atoms with van der Waals surface area (Å²) in [6.07, 6.45) is 0. The Morgan fingerprint density at radius 1 is 0.793 bits per heavy atom. The lowest BCUT2D eigenvalue weighted by atomic mass is 10.3. The summed E-state index contributed by atoms with van der Waals surface area (Å²) in [7, 11) is 0. The molecule has 29 heavy (non-hydrogen) atoms. The van der Waals surface area contributed by atoms with E-state index in [2.05, 4.69) is 10.6 Å². The molecule has 0 fully saturated rings. The van der Waals surface area contributed by atoms with Gasteiger partial charge in [-0.3, -0.25) is 9.59 Å². The number of para-hydroxylation sites is 1. The molecular formula is C23H22N2O2S2. The van der Waals surface area contributed by atoms with Gasteiger partial charge in [0.2, 0.25) is 11.8 Å². The number of nitrogens with one attached hydrogen (secondary N) is 2. The Morgan fingerprint density at radius 2 is 1.45 bits per heavy atom. The van der Waals surface area contributed by atoms with Gasteiger partial charge in [0.25, 0.3) is 0 Å². The third kappa shape index (κ3) is 6.41. The lowest BCUT2D eigenvalue weighted by Gasteiger charge is -2.15. The number of hydrogen-bond acceptors (Lipinski definition) is 4. The number of anilines is 2. The molecule has 2 amide bonds. The van der Waals surface area contributed by atoms with E-state index >= 15 is 0 Å². The van der Waals surface area contributed by atoms with Gasteiger partial charge < -0.3 is 10.6 Å². The average molecular weight is 423 g/mol. The summed E-state index contributed by atoms with van der Waals surface area (Å²) in [6, 6.07) is 25.4. The van der Waals surface area contributed by atoms with Crippen LogP contribution in [0.2, 0.25) is 0 Å². The van der Waals surface area contributed by atoms with Gasteiger partial charge in [0.1, 0.15) is 0 Å². The lowest BCUT2D eigenvalue weighted by Crippen LogP contribution is -2.22. The molecule has 0 aliphatic heterocycles. The molecule has 0 aliphatic carbocycles. The molecule has 0 saturated carbocycles. The van der Waals surface area contributed by atoms with E-state index in [1.165, 1.54) is 18.7 Å². The van der Waals surface area contributed by atoms with E-state index in [0.717, 1.165) is 26.1 Å². The zero-order valence-corrected chi connectivity index (χ0v) is 17.8. The van der Waals surface area contributed by atoms with Crippen LogP contribution in [0.3, 0.4) is 0 Å². The summed E-state index contributed by atoms with van der Waals surface area (Å²) in [6.45, 7) is 3.36. The van der Waals surface area contributed by atoms with Crippen LogP contribution in [-0.2, 0) is 9.59 Å². The zero-order chi connectivity index (χ0) is 20.6. The average Bonchev–Trinajstić information content (AvgIpc) is 2.71. The van der Waals surface area contributed by atoms with E-state index in [1.54, 1.807) is 11.8 Å². The molecule has 148 valence electrons. The van der Waals surface area contributed by atoms with Crippen LogP contribution in [0.25, 0.3) is 0 Å². The van der Waals surface area contributed by atoms with Gasteiger partial charge >= 0.3 is 0 Å². The van der Waals surface area contributed by atoms with E-state index in [9.17, 15) is 9.59 Å². The smallest absolute Gasteiger partial charge is 0.237 e. The molecule has 0 heterocycles. The van der Waals surface area contributed by atoms with Gasteiger partial charge in [0.05, 0.1) is 10.9 Å². The van der Waals surface area contributed by atoms with Crippen LogP contribution in [0.1, 0.15) is 13.8 Å². The number of hydrogen-bond donors (Lipinski definition) is 2. The molecule has 0 aromatic heterocycles. The number of carbonyl (C=O) groups excluding carboxylic acids is 2. The first-order valence-electron chi connectivity index (χ1n) is 9.18. The number of thioether (sulfide) groups is 1. The Morgan fingerprint density at radius 3 is 2.14 bits per heavy atom. The van der Waals surface area contributed by atoms with Gasteiger partial charge in [-0.2, -0.15) is 0 Å². The highest BCUT2D eigenvalue weighted by molar-refractivity contribution is 8.00. The molecule has 0 radical (unpaired) electrons. The minimum Gasteiger partial charge on any atom is -0.326 e. The second-order valence-corrected chi connectivity index (χ2v) is 8.90. The van der Waals surface area contributed by atoms with Crippen molar-refractivity contribution in [3.63, 3.8) is 0 Å². The maximum Gasteiger partial charge on any atom is 0.237 e. The first-order valence-corrected chi connectivity index (χ1v) is 10.9. The predicted molar refractivity (Wildman–Crippen MR) is 122 cm³/mol. The maximum absolute atomic E-state index is 12.7. The topological polar surface area (TPSA) is 58.2 Å². The number of benzene rings is 3. The van der Waals surface area contributed by atoms with Gasteiger partial charge in [0.15, 0.2) is 0 Å².